The molecule has 0 spiro atoms. The minimum absolute atomic E-state index is 0.490. The van der Waals surface area contributed by atoms with Gasteiger partial charge in [0.15, 0.2) is 0 Å². The van der Waals surface area contributed by atoms with E-state index in [9.17, 15) is 9.59 Å². The molecule has 0 atom stereocenters. The van der Waals surface area contributed by atoms with Gasteiger partial charge in [0.1, 0.15) is 0 Å². The summed E-state index contributed by atoms with van der Waals surface area (Å²) in [6, 6.07) is 8.19. The number of carboxylic acid groups (broad SMARTS) is 2. The molecular weight excluding hydrogens is 279 g/mol. The Bertz CT molecular complexity index is 308. The van der Waals surface area contributed by atoms with Gasteiger partial charge in [0.05, 0.1) is 0 Å². The minimum atomic E-state index is -3.64. The van der Waals surface area contributed by atoms with E-state index in [2.05, 4.69) is 0 Å². The summed E-state index contributed by atoms with van der Waals surface area (Å²) >= 11 is -3.64. The van der Waals surface area contributed by atoms with Gasteiger partial charge in [-0.25, -0.2) is 0 Å². The second-order valence-electron chi connectivity index (χ2n) is 2.52. The van der Waals surface area contributed by atoms with E-state index in [1.807, 2.05) is 0 Å². The molecule has 0 aromatic heterocycles. The van der Waals surface area contributed by atoms with Gasteiger partial charge in [0.2, 0.25) is 0 Å². The fraction of sp³-hybridized carbons (Fsp3) is 0. The molecule has 0 bridgehead atoms. The van der Waals surface area contributed by atoms with Gasteiger partial charge in [-0.1, -0.05) is 0 Å². The monoisotopic (exact) mass is 288 g/mol. The van der Waals surface area contributed by atoms with Crippen LogP contribution in [0, 0.1) is 0 Å². The summed E-state index contributed by atoms with van der Waals surface area (Å²) in [5, 5.41) is 17.4. The molecule has 1 aromatic carbocycles. The van der Waals surface area contributed by atoms with E-state index in [4.69, 9.17) is 10.2 Å². The van der Waals surface area contributed by atoms with Crippen molar-refractivity contribution in [2.45, 2.75) is 0 Å². The maximum absolute atomic E-state index is 10.7. The van der Waals surface area contributed by atoms with E-state index in [1.165, 1.54) is 0 Å². The Morgan fingerprint density at radius 1 is 1.00 bits per heavy atom. The third-order valence-corrected chi connectivity index (χ3v) is 7.45. The molecule has 5 heteroatoms. The van der Waals surface area contributed by atoms with Gasteiger partial charge in [-0.3, -0.25) is 0 Å². The SMILES string of the molecule is O=[C](O)[SnH]([C](=O)O)[c]1ccccc1. The molecule has 1 rings (SSSR count). The topological polar surface area (TPSA) is 74.6 Å². The predicted octanol–water partition coefficient (Wildman–Crippen LogP) is 0.640. The molecule has 0 radical (unpaired) electrons. The van der Waals surface area contributed by atoms with Crippen molar-refractivity contribution in [1.29, 1.82) is 0 Å². The van der Waals surface area contributed by atoms with E-state index in [1.54, 1.807) is 30.3 Å². The van der Waals surface area contributed by atoms with Crippen LogP contribution in [0.2, 0.25) is 0 Å². The third kappa shape index (κ3) is 2.45. The molecule has 0 heterocycles. The van der Waals surface area contributed by atoms with Crippen LogP contribution in [0.1, 0.15) is 0 Å². The molecule has 0 saturated heterocycles. The van der Waals surface area contributed by atoms with E-state index in [-0.39, 0.29) is 0 Å². The number of benzene rings is 1. The third-order valence-electron chi connectivity index (χ3n) is 1.63. The molecule has 1 aromatic rings. The second kappa shape index (κ2) is 4.27. The first-order valence-corrected chi connectivity index (χ1v) is 8.58. The molecular formula is C8H8O4Sn. The van der Waals surface area contributed by atoms with Crippen LogP contribution >= 0.6 is 0 Å². The molecule has 0 aliphatic rings. The molecule has 0 aliphatic heterocycles. The molecule has 0 unspecified atom stereocenters. The molecule has 0 saturated carbocycles. The normalized spacial score (nSPS) is 9.92. The Hall–Kier alpha value is -1.04. The summed E-state index contributed by atoms with van der Waals surface area (Å²) in [5.41, 5.74) is 0. The predicted molar refractivity (Wildman–Crippen MR) is 49.3 cm³/mol. The van der Waals surface area contributed by atoms with Crippen molar-refractivity contribution in [3.05, 3.63) is 30.3 Å². The summed E-state index contributed by atoms with van der Waals surface area (Å²) in [6.07, 6.45) is 0. The van der Waals surface area contributed by atoms with E-state index < -0.39 is 27.7 Å². The van der Waals surface area contributed by atoms with Crippen LogP contribution in [0.15, 0.2) is 30.3 Å². The average Bonchev–Trinajstić information content (AvgIpc) is 2.04. The first-order valence-electron chi connectivity index (χ1n) is 3.63. The zero-order valence-electron chi connectivity index (χ0n) is 6.68. The molecule has 0 aliphatic carbocycles. The van der Waals surface area contributed by atoms with Gasteiger partial charge in [-0.15, -0.1) is 0 Å². The van der Waals surface area contributed by atoms with Crippen molar-refractivity contribution in [2.75, 3.05) is 0 Å². The van der Waals surface area contributed by atoms with Crippen molar-refractivity contribution < 1.29 is 19.8 Å². The Labute approximate surface area is 81.6 Å². The summed E-state index contributed by atoms with van der Waals surface area (Å²) < 4.78 is -1.79. The summed E-state index contributed by atoms with van der Waals surface area (Å²) in [6.45, 7) is 0. The van der Waals surface area contributed by atoms with E-state index in [0.717, 1.165) is 0 Å². The maximum atomic E-state index is 10.7. The molecule has 68 valence electrons. The Morgan fingerprint density at radius 2 is 1.46 bits per heavy atom. The van der Waals surface area contributed by atoms with Crippen molar-refractivity contribution >= 4 is 31.3 Å². The average molecular weight is 287 g/mol. The van der Waals surface area contributed by atoms with Crippen LogP contribution in [0.25, 0.3) is 0 Å². The summed E-state index contributed by atoms with van der Waals surface area (Å²) in [7, 11) is 0. The van der Waals surface area contributed by atoms with Crippen molar-refractivity contribution in [3.8, 4) is 0 Å². The number of carbonyl (C=O) groups is 2. The number of rotatable bonds is 3. The zero-order chi connectivity index (χ0) is 9.84. The zero-order valence-corrected chi connectivity index (χ0v) is 9.97. The Balaban J connectivity index is 3.03. The number of hydrogen-bond acceptors (Lipinski definition) is 2. The standard InChI is InChI=1S/C6H5.2CHO2.Sn.H/c1-2-4-6-5-3-1;2*2-1-3;;/h1-5H;2*(H,2,3);;. The molecule has 0 fully saturated rings. The molecule has 0 amide bonds. The van der Waals surface area contributed by atoms with Crippen LogP contribution in [0.5, 0.6) is 0 Å². The van der Waals surface area contributed by atoms with E-state index >= 15 is 0 Å². The van der Waals surface area contributed by atoms with E-state index in [0.29, 0.717) is 3.58 Å². The van der Waals surface area contributed by atoms with Gasteiger partial charge in [-0.2, -0.15) is 0 Å². The van der Waals surface area contributed by atoms with Gasteiger partial charge in [0, 0.05) is 0 Å². The number of hydrogen-bond donors (Lipinski definition) is 2. The van der Waals surface area contributed by atoms with Gasteiger partial charge >= 0.3 is 81.4 Å². The summed E-state index contributed by atoms with van der Waals surface area (Å²) in [4.78, 5) is 21.3. The fourth-order valence-electron chi connectivity index (χ4n) is 1.04. The first kappa shape index (κ1) is 10.0. The fourth-order valence-corrected chi connectivity index (χ4v) is 5.00. The van der Waals surface area contributed by atoms with Crippen LogP contribution in [-0.4, -0.2) is 37.9 Å². The summed E-state index contributed by atoms with van der Waals surface area (Å²) in [5.74, 6) is 0. The quantitative estimate of drug-likeness (QED) is 0.800. The van der Waals surface area contributed by atoms with Gasteiger partial charge in [0.25, 0.3) is 0 Å². The van der Waals surface area contributed by atoms with Crippen molar-refractivity contribution in [2.24, 2.45) is 0 Å². The second-order valence-corrected chi connectivity index (χ2v) is 9.71. The van der Waals surface area contributed by atoms with Crippen LogP contribution in [-0.2, 0) is 0 Å². The van der Waals surface area contributed by atoms with Crippen LogP contribution < -0.4 is 3.58 Å². The Kier molecular flexibility index (Phi) is 3.30. The van der Waals surface area contributed by atoms with Gasteiger partial charge < -0.3 is 0 Å². The first-order chi connectivity index (χ1) is 6.13. The Morgan fingerprint density at radius 3 is 1.85 bits per heavy atom. The molecule has 4 nitrogen and oxygen atoms in total. The van der Waals surface area contributed by atoms with Crippen molar-refractivity contribution in [3.63, 3.8) is 0 Å². The van der Waals surface area contributed by atoms with Crippen molar-refractivity contribution in [1.82, 2.24) is 0 Å². The molecule has 13 heavy (non-hydrogen) atoms. The van der Waals surface area contributed by atoms with Gasteiger partial charge in [-0.05, 0) is 0 Å². The van der Waals surface area contributed by atoms with Crippen LogP contribution in [0.4, 0.5) is 9.59 Å². The van der Waals surface area contributed by atoms with Crippen LogP contribution in [0.3, 0.4) is 0 Å². The molecule has 2 N–H and O–H groups in total.